The molecule has 176 valence electrons. The Morgan fingerprint density at radius 1 is 0.935 bits per heavy atom. The largest absolute Gasteiger partial charge is 0.335 e. The van der Waals surface area contributed by atoms with Crippen molar-refractivity contribution in [1.82, 2.24) is 14.5 Å². The lowest BCUT2D eigenvalue weighted by atomic mass is 9.69. The molecule has 3 saturated carbocycles. The SMILES string of the molecule is CCS(=O)(=O)NC1CCC(C2CCC3C(C2)N(C(=O)C2CC2)C[C@H](C)N3C(C)=O)CC1. The minimum atomic E-state index is -3.15. The van der Waals surface area contributed by atoms with E-state index in [1.807, 2.05) is 4.90 Å². The first kappa shape index (κ1) is 23.0. The van der Waals surface area contributed by atoms with Gasteiger partial charge in [0.2, 0.25) is 21.8 Å². The van der Waals surface area contributed by atoms with Crippen molar-refractivity contribution >= 4 is 21.8 Å². The van der Waals surface area contributed by atoms with Crippen LogP contribution < -0.4 is 4.72 Å². The van der Waals surface area contributed by atoms with Gasteiger partial charge in [0, 0.05) is 31.5 Å². The van der Waals surface area contributed by atoms with Crippen LogP contribution in [-0.4, -0.2) is 66.5 Å². The van der Waals surface area contributed by atoms with Crippen LogP contribution in [0.3, 0.4) is 0 Å². The van der Waals surface area contributed by atoms with Crippen LogP contribution in [0.15, 0.2) is 0 Å². The summed E-state index contributed by atoms with van der Waals surface area (Å²) >= 11 is 0. The lowest BCUT2D eigenvalue weighted by molar-refractivity contribution is -0.155. The van der Waals surface area contributed by atoms with E-state index in [0.717, 1.165) is 57.8 Å². The third kappa shape index (κ3) is 4.95. The monoisotopic (exact) mass is 453 g/mol. The van der Waals surface area contributed by atoms with Crippen molar-refractivity contribution in [2.24, 2.45) is 17.8 Å². The highest BCUT2D eigenvalue weighted by Crippen LogP contribution is 2.44. The molecule has 0 bridgehead atoms. The van der Waals surface area contributed by atoms with Gasteiger partial charge in [0.15, 0.2) is 0 Å². The molecule has 3 unspecified atom stereocenters. The molecule has 8 heteroatoms. The van der Waals surface area contributed by atoms with Crippen molar-refractivity contribution in [3.8, 4) is 0 Å². The number of rotatable bonds is 5. The van der Waals surface area contributed by atoms with E-state index in [9.17, 15) is 18.0 Å². The molecule has 4 fully saturated rings. The van der Waals surface area contributed by atoms with E-state index in [0.29, 0.717) is 24.3 Å². The van der Waals surface area contributed by atoms with Crippen LogP contribution in [0.2, 0.25) is 0 Å². The number of nitrogens with zero attached hydrogens (tertiary/aromatic N) is 2. The topological polar surface area (TPSA) is 86.8 Å². The van der Waals surface area contributed by atoms with Gasteiger partial charge >= 0.3 is 0 Å². The van der Waals surface area contributed by atoms with Crippen LogP contribution >= 0.6 is 0 Å². The summed E-state index contributed by atoms with van der Waals surface area (Å²) in [5, 5.41) is 0. The molecular formula is C23H39N3O4S. The highest BCUT2D eigenvalue weighted by molar-refractivity contribution is 7.89. The van der Waals surface area contributed by atoms with E-state index in [4.69, 9.17) is 0 Å². The third-order valence-electron chi connectivity index (χ3n) is 8.25. The van der Waals surface area contributed by atoms with E-state index in [1.54, 1.807) is 13.8 Å². The van der Waals surface area contributed by atoms with Crippen molar-refractivity contribution < 1.29 is 18.0 Å². The van der Waals surface area contributed by atoms with Gasteiger partial charge in [0.05, 0.1) is 17.8 Å². The molecule has 4 aliphatic rings. The molecule has 4 atom stereocenters. The van der Waals surface area contributed by atoms with Gasteiger partial charge in [0.1, 0.15) is 0 Å². The summed E-state index contributed by atoms with van der Waals surface area (Å²) in [7, 11) is -3.15. The van der Waals surface area contributed by atoms with Gasteiger partial charge in [-0.1, -0.05) is 0 Å². The number of carbonyl (C=O) groups is 2. The van der Waals surface area contributed by atoms with E-state index in [-0.39, 0.29) is 41.7 Å². The number of sulfonamides is 1. The molecule has 0 aromatic carbocycles. The Balaban J connectivity index is 1.42. The Bertz CT molecular complexity index is 789. The molecule has 0 aromatic heterocycles. The molecule has 0 aromatic rings. The molecule has 0 spiro atoms. The van der Waals surface area contributed by atoms with Gasteiger partial charge in [0.25, 0.3) is 0 Å². The Morgan fingerprint density at radius 2 is 1.58 bits per heavy atom. The summed E-state index contributed by atoms with van der Waals surface area (Å²) in [6.45, 7) is 6.08. The first-order chi connectivity index (χ1) is 14.7. The minimum absolute atomic E-state index is 0.0641. The van der Waals surface area contributed by atoms with Crippen LogP contribution in [0.4, 0.5) is 0 Å². The molecule has 1 saturated heterocycles. The average molecular weight is 454 g/mol. The van der Waals surface area contributed by atoms with Crippen LogP contribution in [0.5, 0.6) is 0 Å². The second-order valence-corrected chi connectivity index (χ2v) is 12.4. The fourth-order valence-electron chi connectivity index (χ4n) is 6.49. The fraction of sp³-hybridized carbons (Fsp3) is 0.913. The number of carbonyl (C=O) groups excluding carboxylic acids is 2. The summed E-state index contributed by atoms with van der Waals surface area (Å²) in [6.07, 6.45) is 8.96. The van der Waals surface area contributed by atoms with Gasteiger partial charge < -0.3 is 9.80 Å². The summed E-state index contributed by atoms with van der Waals surface area (Å²) < 4.78 is 26.7. The van der Waals surface area contributed by atoms with Crippen molar-refractivity contribution in [1.29, 1.82) is 0 Å². The van der Waals surface area contributed by atoms with Gasteiger partial charge in [-0.3, -0.25) is 9.59 Å². The van der Waals surface area contributed by atoms with Crippen molar-refractivity contribution in [2.75, 3.05) is 12.3 Å². The van der Waals surface area contributed by atoms with Crippen LogP contribution in [0, 0.1) is 17.8 Å². The molecule has 1 aliphatic heterocycles. The Labute approximate surface area is 187 Å². The van der Waals surface area contributed by atoms with Crippen LogP contribution in [0.25, 0.3) is 0 Å². The molecule has 0 radical (unpaired) electrons. The zero-order valence-corrected chi connectivity index (χ0v) is 20.1. The molecule has 31 heavy (non-hydrogen) atoms. The molecule has 4 rings (SSSR count). The number of piperazine rings is 1. The van der Waals surface area contributed by atoms with E-state index >= 15 is 0 Å². The average Bonchev–Trinajstić information content (AvgIpc) is 3.58. The predicted octanol–water partition coefficient (Wildman–Crippen LogP) is 2.51. The predicted molar refractivity (Wildman–Crippen MR) is 120 cm³/mol. The normalized spacial score (nSPS) is 36.7. The van der Waals surface area contributed by atoms with Crippen molar-refractivity contribution in [2.45, 2.75) is 103 Å². The lowest BCUT2D eigenvalue weighted by Crippen LogP contribution is -2.67. The molecule has 3 aliphatic carbocycles. The molecule has 2 amide bonds. The molecule has 1 N–H and O–H groups in total. The zero-order valence-electron chi connectivity index (χ0n) is 19.3. The zero-order chi connectivity index (χ0) is 22.3. The van der Waals surface area contributed by atoms with Crippen LogP contribution in [-0.2, 0) is 19.6 Å². The van der Waals surface area contributed by atoms with Gasteiger partial charge in [-0.15, -0.1) is 0 Å². The van der Waals surface area contributed by atoms with Gasteiger partial charge in [-0.25, -0.2) is 13.1 Å². The smallest absolute Gasteiger partial charge is 0.226 e. The first-order valence-electron chi connectivity index (χ1n) is 12.3. The third-order valence-corrected chi connectivity index (χ3v) is 9.71. The van der Waals surface area contributed by atoms with E-state index < -0.39 is 10.0 Å². The summed E-state index contributed by atoms with van der Waals surface area (Å²) in [5.41, 5.74) is 0. The molecular weight excluding hydrogens is 414 g/mol. The fourth-order valence-corrected chi connectivity index (χ4v) is 7.40. The quantitative estimate of drug-likeness (QED) is 0.693. The first-order valence-corrected chi connectivity index (χ1v) is 13.9. The summed E-state index contributed by atoms with van der Waals surface area (Å²) in [6, 6.07) is 0.436. The highest BCUT2D eigenvalue weighted by Gasteiger charge is 2.49. The minimum Gasteiger partial charge on any atom is -0.335 e. The number of hydrogen-bond donors (Lipinski definition) is 1. The second-order valence-electron chi connectivity index (χ2n) is 10.4. The maximum Gasteiger partial charge on any atom is 0.226 e. The molecule has 1 heterocycles. The second kappa shape index (κ2) is 9.00. The number of amides is 2. The number of hydrogen-bond acceptors (Lipinski definition) is 4. The lowest BCUT2D eigenvalue weighted by Gasteiger charge is -2.55. The number of fused-ring (bicyclic) bond motifs is 1. The molecule has 7 nitrogen and oxygen atoms in total. The summed E-state index contributed by atoms with van der Waals surface area (Å²) in [5.74, 6) is 1.92. The number of nitrogens with one attached hydrogen (secondary N) is 1. The van der Waals surface area contributed by atoms with E-state index in [1.165, 1.54) is 0 Å². The maximum atomic E-state index is 13.1. The van der Waals surface area contributed by atoms with Crippen molar-refractivity contribution in [3.05, 3.63) is 0 Å². The van der Waals surface area contributed by atoms with Crippen molar-refractivity contribution in [3.63, 3.8) is 0 Å². The highest BCUT2D eigenvalue weighted by atomic mass is 32.2. The standard InChI is InChI=1S/C23H39N3O4S/c1-4-31(29,30)24-20-10-7-17(8-11-20)19-9-12-21-22(13-19)25(23(28)18-5-6-18)14-15(2)26(21)16(3)27/h15,17-22,24H,4-14H2,1-3H3/t15-,17?,19?,20?,21?,22?/m0/s1. The Morgan fingerprint density at radius 3 is 2.16 bits per heavy atom. The Kier molecular flexibility index (Phi) is 6.69. The Hall–Kier alpha value is -1.15. The maximum absolute atomic E-state index is 13.1. The van der Waals surface area contributed by atoms with Gasteiger partial charge in [-0.2, -0.15) is 0 Å². The van der Waals surface area contributed by atoms with Gasteiger partial charge in [-0.05, 0) is 83.5 Å². The summed E-state index contributed by atoms with van der Waals surface area (Å²) in [4.78, 5) is 29.7. The van der Waals surface area contributed by atoms with E-state index in [2.05, 4.69) is 16.5 Å². The van der Waals surface area contributed by atoms with Crippen LogP contribution in [0.1, 0.15) is 78.6 Å².